The fourth-order valence-corrected chi connectivity index (χ4v) is 4.27. The van der Waals surface area contributed by atoms with Crippen LogP contribution < -0.4 is 0 Å². The zero-order chi connectivity index (χ0) is 39.7. The van der Waals surface area contributed by atoms with E-state index >= 15 is 0 Å². The van der Waals surface area contributed by atoms with Gasteiger partial charge in [0.2, 0.25) is 0 Å². The molecule has 0 unspecified atom stereocenters. The molecule has 0 amide bonds. The van der Waals surface area contributed by atoms with E-state index in [1.165, 1.54) is 24.3 Å². The van der Waals surface area contributed by atoms with Crippen LogP contribution in [-0.4, -0.2) is 16.2 Å². The number of pyridine rings is 2. The molecule has 3 aromatic heterocycles. The van der Waals surface area contributed by atoms with Crippen LogP contribution in [-0.2, 0) is 20.1 Å². The number of nitrogens with zero attached hydrogens (tertiary/aromatic N) is 3. The molecule has 3 heterocycles. The van der Waals surface area contributed by atoms with E-state index in [-0.39, 0.29) is 67.3 Å². The molecule has 1 aliphatic rings. The Morgan fingerprint density at radius 3 is 2.85 bits per heavy atom. The second kappa shape index (κ2) is 18.9. The van der Waals surface area contributed by atoms with Gasteiger partial charge in [-0.3, -0.25) is 0 Å². The molecule has 1 aromatic carbocycles. The van der Waals surface area contributed by atoms with Gasteiger partial charge in [-0.25, -0.2) is 4.98 Å². The normalized spacial score (nSPS) is 19.0. The first kappa shape index (κ1) is 17.5. The Kier molecular flexibility index (Phi) is 8.31. The molecule has 0 bridgehead atoms. The molecule has 0 saturated heterocycles. The van der Waals surface area contributed by atoms with E-state index in [2.05, 4.69) is 28.7 Å². The van der Waals surface area contributed by atoms with E-state index in [1.807, 2.05) is 0 Å². The van der Waals surface area contributed by atoms with Crippen molar-refractivity contribution < 1.29 is 39.3 Å². The molecule has 1 saturated carbocycles. The van der Waals surface area contributed by atoms with Crippen molar-refractivity contribution in [2.45, 2.75) is 51.7 Å². The summed E-state index contributed by atoms with van der Waals surface area (Å²) in [5.74, 6) is -0.833. The van der Waals surface area contributed by atoms with Crippen LogP contribution in [0.3, 0.4) is 0 Å². The van der Waals surface area contributed by atoms with Gasteiger partial charge in [0.1, 0.15) is 4.83 Å². The van der Waals surface area contributed by atoms with Gasteiger partial charge in [0, 0.05) is 29.6 Å². The van der Waals surface area contributed by atoms with Crippen LogP contribution in [0.25, 0.3) is 26.9 Å². The van der Waals surface area contributed by atoms with Crippen molar-refractivity contribution in [2.75, 3.05) is 0 Å². The van der Waals surface area contributed by atoms with E-state index in [1.54, 1.807) is 29.6 Å². The Morgan fingerprint density at radius 1 is 1.18 bits per heavy atom. The number of benzene rings is 1. The molecular weight excluding hydrogens is 687 g/mol. The van der Waals surface area contributed by atoms with Crippen molar-refractivity contribution in [2.24, 2.45) is 0 Å². The first-order chi connectivity index (χ1) is 24.7. The summed E-state index contributed by atoms with van der Waals surface area (Å²) in [7, 11) is 0. The van der Waals surface area contributed by atoms with E-state index in [0.29, 0.717) is 28.8 Å². The van der Waals surface area contributed by atoms with Gasteiger partial charge < -0.3 is 10.4 Å². The third-order valence-corrected chi connectivity index (χ3v) is 6.15. The standard InChI is InChI=1S/C17H13N2S.C12H15.C6H8N.Ir/c1-13-9-10-14-6-2-3-7-15(12-20-17(14)19-13)16-8-4-5-11-18-16;1-3-7-11(8-4-1)12-9-5-2-6-10-12;1-6(2)4-3-5-7;/h2-6,8-12H,1H3;1,3,7-8,12H,2,5-6,9-10H2;3-5H,1H2,2H3;/q3*-1;+3/b;;4-3-;/i1D3,4D,5D,8D,11D;3D,7D,8D,12D;2D3;. The average Bonchev–Trinajstić information content (AvgIpc) is 3.20. The summed E-state index contributed by atoms with van der Waals surface area (Å²) >= 11 is 1.14. The Morgan fingerprint density at radius 2 is 2.05 bits per heavy atom. The summed E-state index contributed by atoms with van der Waals surface area (Å²) in [5.41, 5.74) is 0.810. The van der Waals surface area contributed by atoms with Gasteiger partial charge in [0.15, 0.2) is 0 Å². The Bertz CT molecular complexity index is 2040. The molecule has 0 spiro atoms. The predicted molar refractivity (Wildman–Crippen MR) is 169 cm³/mol. The van der Waals surface area contributed by atoms with Gasteiger partial charge >= 0.3 is 20.1 Å². The van der Waals surface area contributed by atoms with Crippen molar-refractivity contribution >= 4 is 27.8 Å². The van der Waals surface area contributed by atoms with Gasteiger partial charge in [-0.1, -0.05) is 91.9 Å². The number of aromatic nitrogens is 2. The smallest absolute Gasteiger partial charge is 0.811 e. The summed E-state index contributed by atoms with van der Waals surface area (Å²) in [6.45, 7) is -1.19. The summed E-state index contributed by atoms with van der Waals surface area (Å²) in [5, 5.41) is 10.5. The van der Waals surface area contributed by atoms with Gasteiger partial charge in [-0.2, -0.15) is 53.4 Å². The predicted octanol–water partition coefficient (Wildman–Crippen LogP) is 9.88. The van der Waals surface area contributed by atoms with Gasteiger partial charge in [-0.05, 0) is 32.9 Å². The van der Waals surface area contributed by atoms with E-state index < -0.39 is 31.8 Å². The molecule has 1 fully saturated rings. The third kappa shape index (κ3) is 11.9. The molecule has 5 rings (SSSR count). The molecule has 40 heavy (non-hydrogen) atoms. The largest absolute Gasteiger partial charge is 3.00 e. The number of allylic oxidation sites excluding steroid dienone is 3. The van der Waals surface area contributed by atoms with Gasteiger partial charge in [-0.15, -0.1) is 23.8 Å². The van der Waals surface area contributed by atoms with Crippen LogP contribution >= 0.6 is 11.3 Å². The van der Waals surface area contributed by atoms with Crippen molar-refractivity contribution in [3.63, 3.8) is 0 Å². The van der Waals surface area contributed by atoms with Crippen LogP contribution in [0.2, 0.25) is 0 Å². The van der Waals surface area contributed by atoms with Gasteiger partial charge in [0.05, 0.1) is 5.48 Å². The SMILES string of the molecule is [2H]C([2H])([2H])C(=C)/C=C\C=[N-].[2H]c1[c-]cc([2H])c([2H])c1C1([2H])CCCCC1.[2H]c1nc(-c2[c-]cccc3ccc(C([2H])([2H])[2H])nc3sc2)c([2H])c([2H])c1[2H].[Ir+3]. The Hall–Kier alpha value is -3.24. The van der Waals surface area contributed by atoms with Crippen molar-refractivity contribution in [1.82, 2.24) is 9.97 Å². The maximum Gasteiger partial charge on any atom is 3.00 e. The second-order valence-corrected chi connectivity index (χ2v) is 8.97. The molecule has 0 N–H and O–H groups in total. The first-order valence-corrected chi connectivity index (χ1v) is 13.0. The van der Waals surface area contributed by atoms with Crippen LogP contribution in [0.5, 0.6) is 0 Å². The molecule has 0 atom stereocenters. The molecule has 1 aliphatic carbocycles. The summed E-state index contributed by atoms with van der Waals surface area (Å²) in [4.78, 5) is 8.63. The van der Waals surface area contributed by atoms with Crippen molar-refractivity contribution in [1.29, 1.82) is 0 Å². The van der Waals surface area contributed by atoms with E-state index in [0.717, 1.165) is 42.2 Å². The van der Waals surface area contributed by atoms with Crippen LogP contribution in [0.1, 0.15) is 75.3 Å². The molecule has 4 aromatic rings. The number of aryl methyl sites for hydroxylation is 1. The maximum absolute atomic E-state index is 8.40. The van der Waals surface area contributed by atoms with Crippen molar-refractivity contribution in [3.8, 4) is 11.3 Å². The Labute approximate surface area is 277 Å². The minimum absolute atomic E-state index is 0. The first-order valence-electron chi connectivity index (χ1n) is 19.1. The molecule has 5 heteroatoms. The van der Waals surface area contributed by atoms with Gasteiger partial charge in [0.25, 0.3) is 0 Å². The molecular formula is C35H36IrN3S. The summed E-state index contributed by atoms with van der Waals surface area (Å²) < 4.78 is 106. The monoisotopic (exact) mass is 737 g/mol. The maximum atomic E-state index is 8.40. The summed E-state index contributed by atoms with van der Waals surface area (Å²) in [6.07, 6.45) is 7.31. The fraction of sp³-hybridized carbons (Fsp3) is 0.229. The topological polar surface area (TPSA) is 48.1 Å². The number of fused-ring (bicyclic) bond motifs is 1. The van der Waals surface area contributed by atoms with Crippen LogP contribution in [0, 0.1) is 19.0 Å². The van der Waals surface area contributed by atoms with Crippen LogP contribution in [0.4, 0.5) is 0 Å². The summed E-state index contributed by atoms with van der Waals surface area (Å²) in [6, 6.07) is 14.3. The molecule has 3 nitrogen and oxygen atoms in total. The zero-order valence-electron chi connectivity index (χ0n) is 35.6. The Balaban J connectivity index is 0.000000316. The van der Waals surface area contributed by atoms with Crippen LogP contribution in [0.15, 0.2) is 109 Å². The molecule has 206 valence electrons. The third-order valence-electron chi connectivity index (χ3n) is 5.24. The molecule has 0 radical (unpaired) electrons. The second-order valence-electron chi connectivity index (χ2n) is 8.11. The number of rotatable bonds is 4. The minimum atomic E-state index is -2.32. The quantitative estimate of drug-likeness (QED) is 0.119. The molecule has 0 aliphatic heterocycles. The van der Waals surface area contributed by atoms with E-state index in [9.17, 15) is 0 Å². The average molecular weight is 737 g/mol. The number of hydrogen-bond donors (Lipinski definition) is 0. The zero-order valence-corrected chi connectivity index (χ0v) is 24.8. The number of hydrogen-bond acceptors (Lipinski definition) is 3. The minimum Gasteiger partial charge on any atom is -0.811 e. The fourth-order valence-electron chi connectivity index (χ4n) is 3.44. The van der Waals surface area contributed by atoms with Crippen molar-refractivity contribution in [3.05, 3.63) is 137 Å². The van der Waals surface area contributed by atoms with E-state index in [4.69, 9.17) is 24.6 Å².